The number of hydrogen-bond acceptors (Lipinski definition) is 5. The van der Waals surface area contributed by atoms with Crippen molar-refractivity contribution in [3.63, 3.8) is 0 Å². The van der Waals surface area contributed by atoms with E-state index in [0.29, 0.717) is 43.7 Å². The van der Waals surface area contributed by atoms with E-state index in [1.807, 2.05) is 34.9 Å². The van der Waals surface area contributed by atoms with Gasteiger partial charge in [-0.05, 0) is 43.5 Å². The summed E-state index contributed by atoms with van der Waals surface area (Å²) in [5.74, 6) is 0.975. The van der Waals surface area contributed by atoms with E-state index < -0.39 is 0 Å². The van der Waals surface area contributed by atoms with E-state index in [-0.39, 0.29) is 22.8 Å². The Bertz CT molecular complexity index is 1130. The number of carbonyl (C=O) groups is 2. The zero-order valence-corrected chi connectivity index (χ0v) is 19.4. The quantitative estimate of drug-likeness (QED) is 0.703. The lowest BCUT2D eigenvalue weighted by molar-refractivity contribution is -0.130. The molecule has 1 saturated heterocycles. The van der Waals surface area contributed by atoms with Crippen LogP contribution in [0.25, 0.3) is 0 Å². The van der Waals surface area contributed by atoms with Gasteiger partial charge in [0.1, 0.15) is 5.82 Å². The third kappa shape index (κ3) is 4.08. The average molecular weight is 450 g/mol. The highest BCUT2D eigenvalue weighted by molar-refractivity contribution is 5.94. The van der Waals surface area contributed by atoms with Crippen LogP contribution in [0.5, 0.6) is 0 Å². The predicted octanol–water partition coefficient (Wildman–Crippen LogP) is 1.17. The summed E-state index contributed by atoms with van der Waals surface area (Å²) in [7, 11) is 3.57. The maximum atomic E-state index is 13.4. The molecule has 5 rings (SSSR count). The topological polar surface area (TPSA) is 78.8 Å². The van der Waals surface area contributed by atoms with Crippen LogP contribution in [-0.4, -0.2) is 76.3 Å². The third-order valence-electron chi connectivity index (χ3n) is 7.50. The van der Waals surface area contributed by atoms with Crippen molar-refractivity contribution in [1.82, 2.24) is 24.3 Å². The number of hydrogen-bond donors (Lipinski definition) is 0. The summed E-state index contributed by atoms with van der Waals surface area (Å²) in [6.45, 7) is 3.76. The minimum atomic E-state index is -0.0396. The van der Waals surface area contributed by atoms with Crippen molar-refractivity contribution in [1.29, 1.82) is 0 Å². The first-order valence-corrected chi connectivity index (χ1v) is 11.7. The van der Waals surface area contributed by atoms with E-state index >= 15 is 0 Å². The second kappa shape index (κ2) is 8.41. The van der Waals surface area contributed by atoms with Crippen LogP contribution in [0.1, 0.15) is 40.3 Å². The van der Waals surface area contributed by atoms with Crippen molar-refractivity contribution in [2.24, 2.45) is 5.41 Å². The Morgan fingerprint density at radius 1 is 1.09 bits per heavy atom. The van der Waals surface area contributed by atoms with Gasteiger partial charge in [-0.1, -0.05) is 18.2 Å². The van der Waals surface area contributed by atoms with E-state index in [4.69, 9.17) is 4.98 Å². The Hall–Kier alpha value is -3.00. The normalized spacial score (nSPS) is 19.3. The molecule has 1 fully saturated rings. The minimum Gasteiger partial charge on any atom is -0.348 e. The summed E-state index contributed by atoms with van der Waals surface area (Å²) in [6.07, 6.45) is 3.35. The van der Waals surface area contributed by atoms with Crippen LogP contribution in [-0.2, 0) is 30.7 Å². The Morgan fingerprint density at radius 3 is 2.52 bits per heavy atom. The molecule has 0 N–H and O–H groups in total. The van der Waals surface area contributed by atoms with Crippen molar-refractivity contribution in [3.05, 3.63) is 63.3 Å². The summed E-state index contributed by atoms with van der Waals surface area (Å²) in [5, 5.41) is 0. The number of nitrogens with zero attached hydrogens (tertiary/aromatic N) is 5. The van der Waals surface area contributed by atoms with Crippen LogP contribution >= 0.6 is 0 Å². The fourth-order valence-corrected chi connectivity index (χ4v) is 5.38. The lowest BCUT2D eigenvalue weighted by Crippen LogP contribution is -2.45. The highest BCUT2D eigenvalue weighted by atomic mass is 16.2. The fraction of sp³-hybridized carbons (Fsp3) is 0.520. The number of carbonyl (C=O) groups excluding carboxylic acids is 2. The molecule has 0 radical (unpaired) electrons. The second-order valence-electron chi connectivity index (χ2n) is 9.93. The fourth-order valence-electron chi connectivity index (χ4n) is 5.38. The van der Waals surface area contributed by atoms with Gasteiger partial charge in [-0.25, -0.2) is 4.98 Å². The third-order valence-corrected chi connectivity index (χ3v) is 7.50. The molecule has 2 aromatic rings. The van der Waals surface area contributed by atoms with Crippen LogP contribution < -0.4 is 5.56 Å². The molecular weight excluding hydrogens is 418 g/mol. The molecule has 1 aromatic carbocycles. The van der Waals surface area contributed by atoms with Crippen LogP contribution in [0, 0.1) is 5.41 Å². The van der Waals surface area contributed by atoms with Gasteiger partial charge in [-0.2, -0.15) is 0 Å². The van der Waals surface area contributed by atoms with Crippen LogP contribution in [0.15, 0.2) is 35.1 Å². The van der Waals surface area contributed by atoms with E-state index in [0.717, 1.165) is 43.9 Å². The van der Waals surface area contributed by atoms with Crippen LogP contribution in [0.2, 0.25) is 0 Å². The van der Waals surface area contributed by atoms with Gasteiger partial charge in [0.2, 0.25) is 5.91 Å². The molecule has 0 unspecified atom stereocenters. The monoisotopic (exact) mass is 449 g/mol. The molecule has 4 heterocycles. The highest BCUT2D eigenvalue weighted by Crippen LogP contribution is 2.40. The molecule has 8 nitrogen and oxygen atoms in total. The molecule has 0 bridgehead atoms. The Kier molecular flexibility index (Phi) is 5.56. The lowest BCUT2D eigenvalue weighted by atomic mass is 9.77. The molecule has 3 aliphatic rings. The lowest BCUT2D eigenvalue weighted by Gasteiger charge is -2.38. The molecule has 1 spiro atoms. The van der Waals surface area contributed by atoms with E-state index in [1.165, 1.54) is 0 Å². The Balaban J connectivity index is 1.31. The molecule has 1 aromatic heterocycles. The summed E-state index contributed by atoms with van der Waals surface area (Å²) >= 11 is 0. The average Bonchev–Trinajstić information content (AvgIpc) is 3.18. The summed E-state index contributed by atoms with van der Waals surface area (Å²) in [6, 6.07) is 9.23. The maximum Gasteiger partial charge on any atom is 0.258 e. The summed E-state index contributed by atoms with van der Waals surface area (Å²) < 4.78 is 1.86. The molecule has 0 aliphatic carbocycles. The van der Waals surface area contributed by atoms with Gasteiger partial charge in [0.25, 0.3) is 11.5 Å². The van der Waals surface area contributed by atoms with Gasteiger partial charge < -0.3 is 9.80 Å². The second-order valence-corrected chi connectivity index (χ2v) is 9.93. The van der Waals surface area contributed by atoms with Crippen LogP contribution in [0.4, 0.5) is 0 Å². The van der Waals surface area contributed by atoms with Gasteiger partial charge in [0, 0.05) is 45.6 Å². The first kappa shape index (κ1) is 21.8. The van der Waals surface area contributed by atoms with Crippen LogP contribution in [0.3, 0.4) is 0 Å². The van der Waals surface area contributed by atoms with Crippen molar-refractivity contribution in [3.8, 4) is 0 Å². The zero-order valence-electron chi connectivity index (χ0n) is 19.4. The minimum absolute atomic E-state index is 0.0163. The molecule has 3 aliphatic heterocycles. The SMILES string of the molecule is CN(C)C(=O)CN1CCC2(CC1)Cc1nc3c(c(=O)n1C2)CN(C(=O)c1ccccc1)CC3. The van der Waals surface area contributed by atoms with E-state index in [9.17, 15) is 14.4 Å². The van der Waals surface area contributed by atoms with Crippen molar-refractivity contribution in [2.75, 3.05) is 40.3 Å². The van der Waals surface area contributed by atoms with Gasteiger partial charge in [0.05, 0.1) is 24.3 Å². The molecule has 8 heteroatoms. The van der Waals surface area contributed by atoms with Crippen molar-refractivity contribution >= 4 is 11.8 Å². The standard InChI is InChI=1S/C25H31N5O3/c1-27(2)22(31)16-28-12-9-25(10-13-28)14-21-26-20-8-11-29(15-19(20)24(33)30(21)17-25)23(32)18-6-4-3-5-7-18/h3-7H,8-17H2,1-2H3. The van der Waals surface area contributed by atoms with Gasteiger partial charge in [0.15, 0.2) is 0 Å². The van der Waals surface area contributed by atoms with E-state index in [2.05, 4.69) is 4.90 Å². The van der Waals surface area contributed by atoms with Gasteiger partial charge in [-0.15, -0.1) is 0 Å². The number of benzene rings is 1. The van der Waals surface area contributed by atoms with Crippen molar-refractivity contribution < 1.29 is 9.59 Å². The molecule has 0 saturated carbocycles. The maximum absolute atomic E-state index is 13.4. The molecule has 0 atom stereocenters. The molecular formula is C25H31N5O3. The van der Waals surface area contributed by atoms with E-state index in [1.54, 1.807) is 23.9 Å². The molecule has 2 amide bonds. The predicted molar refractivity (Wildman–Crippen MR) is 124 cm³/mol. The molecule has 33 heavy (non-hydrogen) atoms. The smallest absolute Gasteiger partial charge is 0.258 e. The van der Waals surface area contributed by atoms with Crippen molar-refractivity contribution in [2.45, 2.75) is 38.8 Å². The summed E-state index contributed by atoms with van der Waals surface area (Å²) in [5.41, 5.74) is 2.23. The highest BCUT2D eigenvalue weighted by Gasteiger charge is 2.42. The summed E-state index contributed by atoms with van der Waals surface area (Å²) in [4.78, 5) is 48.9. The zero-order chi connectivity index (χ0) is 23.2. The number of likely N-dealkylation sites (N-methyl/N-ethyl adjacent to an activating group) is 1. The molecule has 174 valence electrons. The first-order valence-electron chi connectivity index (χ1n) is 11.7. The van der Waals surface area contributed by atoms with Gasteiger partial charge >= 0.3 is 0 Å². The number of likely N-dealkylation sites (tertiary alicyclic amines) is 1. The first-order chi connectivity index (χ1) is 15.8. The Labute approximate surface area is 193 Å². The number of amides is 2. The van der Waals surface area contributed by atoms with Gasteiger partial charge in [-0.3, -0.25) is 23.9 Å². The largest absolute Gasteiger partial charge is 0.348 e. The number of piperidine rings is 1. The Morgan fingerprint density at radius 2 is 1.82 bits per heavy atom. The number of fused-ring (bicyclic) bond motifs is 2. The number of aromatic nitrogens is 2. The number of rotatable bonds is 3.